The second-order valence-corrected chi connectivity index (χ2v) is 4.16. The van der Waals surface area contributed by atoms with Crippen LogP contribution in [0.1, 0.15) is 27.7 Å². The van der Waals surface area contributed by atoms with Gasteiger partial charge in [0, 0.05) is 25.2 Å². The number of nitrogens with zero attached hydrogens (tertiary/aromatic N) is 1. The lowest BCUT2D eigenvalue weighted by atomic mass is 10.2. The average molecular weight is 203 g/mol. The summed E-state index contributed by atoms with van der Waals surface area (Å²) >= 11 is 4.73. The lowest BCUT2D eigenvalue weighted by Crippen LogP contribution is -2.43. The van der Waals surface area contributed by atoms with E-state index in [0.29, 0.717) is 17.2 Å². The van der Waals surface area contributed by atoms with E-state index in [2.05, 4.69) is 37.9 Å². The van der Waals surface area contributed by atoms with E-state index in [1.165, 1.54) is 0 Å². The predicted octanol–water partition coefficient (Wildman–Crippen LogP) is 0.938. The van der Waals surface area contributed by atoms with E-state index in [0.717, 1.165) is 13.1 Å². The molecule has 4 heteroatoms. The van der Waals surface area contributed by atoms with Crippen molar-refractivity contribution in [3.8, 4) is 0 Å². The van der Waals surface area contributed by atoms with Crippen molar-refractivity contribution in [2.75, 3.05) is 13.1 Å². The number of hydrogen-bond acceptors (Lipinski definition) is 2. The monoisotopic (exact) mass is 203 g/mol. The number of nitrogens with one attached hydrogen (secondary N) is 1. The Hall–Kier alpha value is -0.350. The highest BCUT2D eigenvalue weighted by Crippen LogP contribution is 2.02. The Labute approximate surface area is 86.7 Å². The third-order valence-corrected chi connectivity index (χ3v) is 2.14. The minimum Gasteiger partial charge on any atom is -0.376 e. The molecule has 0 bridgehead atoms. The molecule has 0 amide bonds. The van der Waals surface area contributed by atoms with E-state index in [1.807, 2.05) is 0 Å². The summed E-state index contributed by atoms with van der Waals surface area (Å²) in [6.45, 7) is 10.6. The molecule has 0 aromatic carbocycles. The highest BCUT2D eigenvalue weighted by atomic mass is 32.1. The Bertz CT molecular complexity index is 149. The van der Waals surface area contributed by atoms with E-state index in [9.17, 15) is 0 Å². The van der Waals surface area contributed by atoms with Gasteiger partial charge in [-0.3, -0.25) is 4.90 Å². The van der Waals surface area contributed by atoms with Crippen molar-refractivity contribution >= 4 is 17.3 Å². The Morgan fingerprint density at radius 1 is 1.31 bits per heavy atom. The lowest BCUT2D eigenvalue weighted by Gasteiger charge is -2.30. The average Bonchev–Trinajstić information content (AvgIpc) is 1.95. The van der Waals surface area contributed by atoms with Gasteiger partial charge in [0.2, 0.25) is 0 Å². The second-order valence-electron chi connectivity index (χ2n) is 3.72. The van der Waals surface area contributed by atoms with Gasteiger partial charge >= 0.3 is 0 Å². The van der Waals surface area contributed by atoms with Crippen molar-refractivity contribution in [2.45, 2.75) is 39.8 Å². The molecule has 0 aromatic rings. The summed E-state index contributed by atoms with van der Waals surface area (Å²) in [6.07, 6.45) is 0. The van der Waals surface area contributed by atoms with Crippen molar-refractivity contribution in [1.29, 1.82) is 0 Å². The van der Waals surface area contributed by atoms with Crippen LogP contribution in [-0.4, -0.2) is 35.2 Å². The fraction of sp³-hybridized carbons (Fsp3) is 0.889. The Balaban J connectivity index is 3.77. The molecule has 0 unspecified atom stereocenters. The normalized spacial score (nSPS) is 11.3. The maximum atomic E-state index is 5.33. The SMILES string of the molecule is CC(C)N(CCNC(N)=S)C(C)C. The topological polar surface area (TPSA) is 41.3 Å². The first kappa shape index (κ1) is 12.7. The molecule has 0 aliphatic rings. The summed E-state index contributed by atoms with van der Waals surface area (Å²) in [5.74, 6) is 0. The summed E-state index contributed by atoms with van der Waals surface area (Å²) in [7, 11) is 0. The van der Waals surface area contributed by atoms with E-state index >= 15 is 0 Å². The van der Waals surface area contributed by atoms with Crippen molar-refractivity contribution < 1.29 is 0 Å². The first-order valence-corrected chi connectivity index (χ1v) is 5.15. The lowest BCUT2D eigenvalue weighted by molar-refractivity contribution is 0.178. The molecular formula is C9H21N3S. The molecule has 13 heavy (non-hydrogen) atoms. The predicted molar refractivity (Wildman–Crippen MR) is 61.8 cm³/mol. The molecule has 0 saturated heterocycles. The highest BCUT2D eigenvalue weighted by molar-refractivity contribution is 7.80. The zero-order valence-electron chi connectivity index (χ0n) is 9.00. The van der Waals surface area contributed by atoms with Crippen molar-refractivity contribution in [3.63, 3.8) is 0 Å². The standard InChI is InChI=1S/C9H21N3S/c1-7(2)12(8(3)4)6-5-11-9(10)13/h7-8H,5-6H2,1-4H3,(H3,10,11,13). The number of rotatable bonds is 5. The third-order valence-electron chi connectivity index (χ3n) is 2.00. The summed E-state index contributed by atoms with van der Waals surface area (Å²) in [5, 5.41) is 3.34. The van der Waals surface area contributed by atoms with E-state index in [-0.39, 0.29) is 0 Å². The third kappa shape index (κ3) is 5.82. The van der Waals surface area contributed by atoms with Crippen LogP contribution in [0.15, 0.2) is 0 Å². The zero-order chi connectivity index (χ0) is 10.4. The molecule has 0 heterocycles. The minimum atomic E-state index is 0.382. The number of hydrogen-bond donors (Lipinski definition) is 2. The quantitative estimate of drug-likeness (QED) is 0.653. The number of nitrogens with two attached hydrogens (primary N) is 1. The van der Waals surface area contributed by atoms with Crippen LogP contribution in [0.4, 0.5) is 0 Å². The van der Waals surface area contributed by atoms with Crippen LogP contribution in [0.5, 0.6) is 0 Å². The fourth-order valence-electron chi connectivity index (χ4n) is 1.42. The van der Waals surface area contributed by atoms with Crippen LogP contribution in [0.2, 0.25) is 0 Å². The second kappa shape index (κ2) is 6.16. The molecule has 0 atom stereocenters. The van der Waals surface area contributed by atoms with Crippen LogP contribution >= 0.6 is 12.2 Å². The van der Waals surface area contributed by atoms with Crippen molar-refractivity contribution in [1.82, 2.24) is 10.2 Å². The van der Waals surface area contributed by atoms with Gasteiger partial charge in [0.05, 0.1) is 0 Å². The van der Waals surface area contributed by atoms with Crippen molar-refractivity contribution in [3.05, 3.63) is 0 Å². The van der Waals surface area contributed by atoms with E-state index in [4.69, 9.17) is 18.0 Å². The maximum absolute atomic E-state index is 5.33. The molecule has 0 aromatic heterocycles. The van der Waals surface area contributed by atoms with Crippen LogP contribution in [0.25, 0.3) is 0 Å². The molecule has 3 nitrogen and oxygen atoms in total. The van der Waals surface area contributed by atoms with E-state index in [1.54, 1.807) is 0 Å². The minimum absolute atomic E-state index is 0.382. The first-order valence-electron chi connectivity index (χ1n) is 4.74. The zero-order valence-corrected chi connectivity index (χ0v) is 9.82. The van der Waals surface area contributed by atoms with Crippen LogP contribution < -0.4 is 11.1 Å². The summed E-state index contributed by atoms with van der Waals surface area (Å²) < 4.78 is 0. The number of thiocarbonyl (C=S) groups is 1. The molecule has 3 N–H and O–H groups in total. The van der Waals surface area contributed by atoms with Crippen LogP contribution in [0, 0.1) is 0 Å². The van der Waals surface area contributed by atoms with Gasteiger partial charge in [-0.25, -0.2) is 0 Å². The fourth-order valence-corrected chi connectivity index (χ4v) is 1.52. The Morgan fingerprint density at radius 3 is 2.08 bits per heavy atom. The molecule has 78 valence electrons. The molecule has 0 saturated carbocycles. The summed E-state index contributed by atoms with van der Waals surface area (Å²) in [6, 6.07) is 1.13. The highest BCUT2D eigenvalue weighted by Gasteiger charge is 2.11. The molecule has 0 aliphatic heterocycles. The van der Waals surface area contributed by atoms with Gasteiger partial charge in [-0.1, -0.05) is 0 Å². The molecule has 0 rings (SSSR count). The molecule has 0 radical (unpaired) electrons. The summed E-state index contributed by atoms with van der Waals surface area (Å²) in [5.41, 5.74) is 5.33. The van der Waals surface area contributed by atoms with Gasteiger partial charge in [-0.15, -0.1) is 0 Å². The van der Waals surface area contributed by atoms with Gasteiger partial charge in [-0.05, 0) is 39.9 Å². The largest absolute Gasteiger partial charge is 0.376 e. The maximum Gasteiger partial charge on any atom is 0.163 e. The Morgan fingerprint density at radius 2 is 1.77 bits per heavy atom. The smallest absolute Gasteiger partial charge is 0.163 e. The van der Waals surface area contributed by atoms with Gasteiger partial charge in [0.15, 0.2) is 5.11 Å². The van der Waals surface area contributed by atoms with Crippen LogP contribution in [-0.2, 0) is 0 Å². The van der Waals surface area contributed by atoms with Gasteiger partial charge < -0.3 is 11.1 Å². The molecule has 0 aliphatic carbocycles. The first-order chi connectivity index (χ1) is 5.95. The van der Waals surface area contributed by atoms with Crippen molar-refractivity contribution in [2.24, 2.45) is 5.73 Å². The Kier molecular flexibility index (Phi) is 5.99. The van der Waals surface area contributed by atoms with Gasteiger partial charge in [0.25, 0.3) is 0 Å². The van der Waals surface area contributed by atoms with Gasteiger partial charge in [0.1, 0.15) is 0 Å². The van der Waals surface area contributed by atoms with E-state index < -0.39 is 0 Å². The van der Waals surface area contributed by atoms with Crippen LogP contribution in [0.3, 0.4) is 0 Å². The molecular weight excluding hydrogens is 182 g/mol. The van der Waals surface area contributed by atoms with Gasteiger partial charge in [-0.2, -0.15) is 0 Å². The molecule has 0 fully saturated rings. The summed E-state index contributed by atoms with van der Waals surface area (Å²) in [4.78, 5) is 2.39. The molecule has 0 spiro atoms.